The summed E-state index contributed by atoms with van der Waals surface area (Å²) >= 11 is 0. The summed E-state index contributed by atoms with van der Waals surface area (Å²) in [6.45, 7) is 10.5. The number of rotatable bonds is 6. The van der Waals surface area contributed by atoms with Crippen molar-refractivity contribution in [2.75, 3.05) is 26.2 Å². The van der Waals surface area contributed by atoms with Gasteiger partial charge in [-0.25, -0.2) is 0 Å². The fourth-order valence-electron chi connectivity index (χ4n) is 2.95. The topological polar surface area (TPSA) is 15.3 Å². The lowest BCUT2D eigenvalue weighted by molar-refractivity contribution is 0.225. The van der Waals surface area contributed by atoms with Crippen LogP contribution in [-0.2, 0) is 6.54 Å². The first-order valence-electron chi connectivity index (χ1n) is 7.75. The van der Waals surface area contributed by atoms with E-state index in [9.17, 15) is 0 Å². The molecular weight excluding hydrogens is 232 g/mol. The monoisotopic (exact) mass is 260 g/mol. The summed E-state index contributed by atoms with van der Waals surface area (Å²) in [6, 6.07) is 6.56. The van der Waals surface area contributed by atoms with Crippen molar-refractivity contribution in [3.8, 4) is 0 Å². The first kappa shape index (κ1) is 14.5. The molecule has 1 aromatic carbocycles. The summed E-state index contributed by atoms with van der Waals surface area (Å²) < 4.78 is 0. The SMILES string of the molecule is Cc1cccc(C)c1CNCCCN1CCCCC1. The maximum Gasteiger partial charge on any atom is 0.0210 e. The zero-order valence-electron chi connectivity index (χ0n) is 12.5. The molecule has 1 aliphatic heterocycles. The van der Waals surface area contributed by atoms with Crippen molar-refractivity contribution in [1.29, 1.82) is 0 Å². The molecule has 2 rings (SSSR count). The van der Waals surface area contributed by atoms with Crippen molar-refractivity contribution in [2.45, 2.75) is 46.1 Å². The van der Waals surface area contributed by atoms with Gasteiger partial charge in [0.25, 0.3) is 0 Å². The molecule has 1 heterocycles. The van der Waals surface area contributed by atoms with E-state index in [0.717, 1.165) is 13.1 Å². The minimum atomic E-state index is 1.01. The van der Waals surface area contributed by atoms with Gasteiger partial charge in [0, 0.05) is 6.54 Å². The number of hydrogen-bond acceptors (Lipinski definition) is 2. The lowest BCUT2D eigenvalue weighted by Gasteiger charge is -2.26. The summed E-state index contributed by atoms with van der Waals surface area (Å²) in [7, 11) is 0. The standard InChI is InChI=1S/C17H28N2/c1-15-8-6-9-16(2)17(15)14-18-10-7-13-19-11-4-3-5-12-19/h6,8-9,18H,3-5,7,10-14H2,1-2H3. The maximum absolute atomic E-state index is 3.60. The summed E-state index contributed by atoms with van der Waals surface area (Å²) in [6.07, 6.45) is 5.50. The summed E-state index contributed by atoms with van der Waals surface area (Å²) in [4.78, 5) is 2.62. The Morgan fingerprint density at radius 2 is 1.74 bits per heavy atom. The van der Waals surface area contributed by atoms with Crippen LogP contribution in [-0.4, -0.2) is 31.1 Å². The van der Waals surface area contributed by atoms with Crippen LogP contribution in [0.3, 0.4) is 0 Å². The van der Waals surface area contributed by atoms with Crippen LogP contribution in [0.2, 0.25) is 0 Å². The highest BCUT2D eigenvalue weighted by molar-refractivity contribution is 5.33. The van der Waals surface area contributed by atoms with Crippen molar-refractivity contribution >= 4 is 0 Å². The molecule has 0 aromatic heterocycles. The van der Waals surface area contributed by atoms with E-state index < -0.39 is 0 Å². The molecule has 0 spiro atoms. The van der Waals surface area contributed by atoms with Crippen LogP contribution in [0.25, 0.3) is 0 Å². The Bertz CT molecular complexity index is 361. The molecule has 106 valence electrons. The van der Waals surface area contributed by atoms with Crippen molar-refractivity contribution < 1.29 is 0 Å². The number of nitrogens with zero attached hydrogens (tertiary/aromatic N) is 1. The van der Waals surface area contributed by atoms with Gasteiger partial charge < -0.3 is 10.2 Å². The van der Waals surface area contributed by atoms with Gasteiger partial charge in [0.15, 0.2) is 0 Å². The third kappa shape index (κ3) is 4.63. The average molecular weight is 260 g/mol. The third-order valence-corrected chi connectivity index (χ3v) is 4.22. The largest absolute Gasteiger partial charge is 0.313 e. The van der Waals surface area contributed by atoms with Gasteiger partial charge in [-0.1, -0.05) is 24.6 Å². The summed E-state index contributed by atoms with van der Waals surface area (Å²) in [5.41, 5.74) is 4.28. The predicted molar refractivity (Wildman–Crippen MR) is 82.5 cm³/mol. The van der Waals surface area contributed by atoms with Crippen molar-refractivity contribution in [3.05, 3.63) is 34.9 Å². The van der Waals surface area contributed by atoms with E-state index in [1.807, 2.05) is 0 Å². The molecule has 1 aromatic rings. The third-order valence-electron chi connectivity index (χ3n) is 4.22. The molecule has 0 aliphatic carbocycles. The number of likely N-dealkylation sites (tertiary alicyclic amines) is 1. The minimum absolute atomic E-state index is 1.01. The molecule has 1 aliphatic rings. The average Bonchev–Trinajstić information content (AvgIpc) is 2.42. The molecule has 0 atom stereocenters. The molecule has 19 heavy (non-hydrogen) atoms. The predicted octanol–water partition coefficient (Wildman–Crippen LogP) is 3.27. The summed E-state index contributed by atoms with van der Waals surface area (Å²) in [5, 5.41) is 3.60. The van der Waals surface area contributed by atoms with Crippen LogP contribution in [0.4, 0.5) is 0 Å². The molecular formula is C17H28N2. The minimum Gasteiger partial charge on any atom is -0.313 e. The van der Waals surface area contributed by atoms with Crippen LogP contribution < -0.4 is 5.32 Å². The number of nitrogens with one attached hydrogen (secondary N) is 1. The second kappa shape index (κ2) is 7.66. The lowest BCUT2D eigenvalue weighted by Crippen LogP contribution is -2.32. The highest BCUT2D eigenvalue weighted by Gasteiger charge is 2.08. The smallest absolute Gasteiger partial charge is 0.0210 e. The Morgan fingerprint density at radius 1 is 1.05 bits per heavy atom. The highest BCUT2D eigenvalue weighted by atomic mass is 15.1. The first-order chi connectivity index (χ1) is 9.27. The molecule has 0 radical (unpaired) electrons. The Hall–Kier alpha value is -0.860. The van der Waals surface area contributed by atoms with E-state index in [-0.39, 0.29) is 0 Å². The van der Waals surface area contributed by atoms with Gasteiger partial charge in [0.05, 0.1) is 0 Å². The van der Waals surface area contributed by atoms with Crippen LogP contribution in [0.15, 0.2) is 18.2 Å². The van der Waals surface area contributed by atoms with Gasteiger partial charge >= 0.3 is 0 Å². The van der Waals surface area contributed by atoms with Crippen LogP contribution in [0.1, 0.15) is 42.4 Å². The van der Waals surface area contributed by atoms with Gasteiger partial charge in [0.2, 0.25) is 0 Å². The quantitative estimate of drug-likeness (QED) is 0.790. The number of piperidine rings is 1. The van der Waals surface area contributed by atoms with Crippen molar-refractivity contribution in [2.24, 2.45) is 0 Å². The lowest BCUT2D eigenvalue weighted by atomic mass is 10.0. The van der Waals surface area contributed by atoms with E-state index in [1.165, 1.54) is 62.0 Å². The van der Waals surface area contributed by atoms with E-state index in [0.29, 0.717) is 0 Å². The molecule has 0 bridgehead atoms. The molecule has 2 nitrogen and oxygen atoms in total. The maximum atomic E-state index is 3.60. The normalized spacial score (nSPS) is 16.7. The van der Waals surface area contributed by atoms with Gasteiger partial charge in [-0.2, -0.15) is 0 Å². The first-order valence-corrected chi connectivity index (χ1v) is 7.75. The van der Waals surface area contributed by atoms with Crippen LogP contribution >= 0.6 is 0 Å². The van der Waals surface area contributed by atoms with Gasteiger partial charge in [0.1, 0.15) is 0 Å². The molecule has 1 fully saturated rings. The van der Waals surface area contributed by atoms with E-state index in [1.54, 1.807) is 0 Å². The number of benzene rings is 1. The number of aryl methyl sites for hydroxylation is 2. The highest BCUT2D eigenvalue weighted by Crippen LogP contribution is 2.12. The van der Waals surface area contributed by atoms with Crippen LogP contribution in [0.5, 0.6) is 0 Å². The van der Waals surface area contributed by atoms with Gasteiger partial charge in [-0.05, 0) is 76.0 Å². The van der Waals surface area contributed by atoms with Crippen LogP contribution in [0, 0.1) is 13.8 Å². The second-order valence-corrected chi connectivity index (χ2v) is 5.80. The Morgan fingerprint density at radius 3 is 2.42 bits per heavy atom. The molecule has 2 heteroatoms. The van der Waals surface area contributed by atoms with E-state index >= 15 is 0 Å². The number of hydrogen-bond donors (Lipinski definition) is 1. The van der Waals surface area contributed by atoms with Gasteiger partial charge in [-0.3, -0.25) is 0 Å². The Labute approximate surface area is 118 Å². The fourth-order valence-corrected chi connectivity index (χ4v) is 2.95. The summed E-state index contributed by atoms with van der Waals surface area (Å²) in [5.74, 6) is 0. The zero-order valence-corrected chi connectivity index (χ0v) is 12.5. The second-order valence-electron chi connectivity index (χ2n) is 5.80. The van der Waals surface area contributed by atoms with E-state index in [2.05, 4.69) is 42.3 Å². The molecule has 0 amide bonds. The molecule has 0 saturated carbocycles. The molecule has 1 N–H and O–H groups in total. The van der Waals surface area contributed by atoms with Crippen molar-refractivity contribution in [3.63, 3.8) is 0 Å². The molecule has 0 unspecified atom stereocenters. The van der Waals surface area contributed by atoms with E-state index in [4.69, 9.17) is 0 Å². The Kier molecular flexibility index (Phi) is 5.87. The fraction of sp³-hybridized carbons (Fsp3) is 0.647. The zero-order chi connectivity index (χ0) is 13.5. The van der Waals surface area contributed by atoms with Crippen molar-refractivity contribution in [1.82, 2.24) is 10.2 Å². The Balaban J connectivity index is 1.63. The van der Waals surface area contributed by atoms with Gasteiger partial charge in [-0.15, -0.1) is 0 Å². The molecule has 1 saturated heterocycles.